The molecule has 0 aliphatic rings. The first-order chi connectivity index (χ1) is 7.68. The van der Waals surface area contributed by atoms with Crippen LogP contribution in [0, 0.1) is 0 Å². The summed E-state index contributed by atoms with van der Waals surface area (Å²) in [5, 5.41) is 0. The summed E-state index contributed by atoms with van der Waals surface area (Å²) < 4.78 is 0. The maximum atomic E-state index is 6.07. The quantitative estimate of drug-likeness (QED) is 0.740. The van der Waals surface area contributed by atoms with Gasteiger partial charge in [-0.15, -0.1) is 0 Å². The number of benzene rings is 1. The van der Waals surface area contributed by atoms with Crippen LogP contribution in [0.25, 0.3) is 0 Å². The normalized spacial score (nSPS) is 11.4. The Kier molecular flexibility index (Phi) is 2.94. The van der Waals surface area contributed by atoms with Gasteiger partial charge in [0.15, 0.2) is 0 Å². The lowest BCUT2D eigenvalue weighted by Crippen LogP contribution is -2.48. The number of hydrogen-bond acceptors (Lipinski definition) is 4. The molecule has 2 aromatic rings. The van der Waals surface area contributed by atoms with Gasteiger partial charge >= 0.3 is 0 Å². The number of nitrogens with zero attached hydrogens (tertiary/aromatic N) is 2. The summed E-state index contributed by atoms with van der Waals surface area (Å²) in [5.74, 6) is 0. The SMILES string of the molecule is NC(N)(Cc1ccccc1)c1cncnc1. The van der Waals surface area contributed by atoms with Crippen molar-refractivity contribution in [2.45, 2.75) is 12.1 Å². The smallest absolute Gasteiger partial charge is 0.115 e. The first-order valence-electron chi connectivity index (χ1n) is 5.06. The third-order valence-electron chi connectivity index (χ3n) is 2.44. The molecule has 4 nitrogen and oxygen atoms in total. The standard InChI is InChI=1S/C12H14N4/c13-12(14,11-7-15-9-16-8-11)6-10-4-2-1-3-5-10/h1-5,7-9H,6,13-14H2. The van der Waals surface area contributed by atoms with Crippen molar-refractivity contribution in [1.82, 2.24) is 9.97 Å². The summed E-state index contributed by atoms with van der Waals surface area (Å²) in [6.45, 7) is 0. The molecule has 4 N–H and O–H groups in total. The van der Waals surface area contributed by atoms with Crippen molar-refractivity contribution < 1.29 is 0 Å². The number of aromatic nitrogens is 2. The summed E-state index contributed by atoms with van der Waals surface area (Å²) in [5.41, 5.74) is 13.0. The third kappa shape index (κ3) is 2.42. The molecule has 1 aromatic heterocycles. The second-order valence-electron chi connectivity index (χ2n) is 3.83. The minimum atomic E-state index is -0.928. The van der Waals surface area contributed by atoms with Crippen LogP contribution in [-0.2, 0) is 12.1 Å². The van der Waals surface area contributed by atoms with Crippen molar-refractivity contribution in [1.29, 1.82) is 0 Å². The van der Waals surface area contributed by atoms with Crippen LogP contribution in [0.5, 0.6) is 0 Å². The lowest BCUT2D eigenvalue weighted by atomic mass is 9.96. The fourth-order valence-electron chi connectivity index (χ4n) is 1.58. The van der Waals surface area contributed by atoms with Gasteiger partial charge in [0, 0.05) is 24.4 Å². The van der Waals surface area contributed by atoms with Crippen LogP contribution in [0.1, 0.15) is 11.1 Å². The monoisotopic (exact) mass is 214 g/mol. The Labute approximate surface area is 94.3 Å². The Morgan fingerprint density at radius 3 is 2.25 bits per heavy atom. The molecule has 0 atom stereocenters. The molecule has 0 aliphatic heterocycles. The summed E-state index contributed by atoms with van der Waals surface area (Å²) in [6.07, 6.45) is 5.31. The van der Waals surface area contributed by atoms with Crippen LogP contribution in [0.3, 0.4) is 0 Å². The lowest BCUT2D eigenvalue weighted by molar-refractivity contribution is 0.458. The fraction of sp³-hybridized carbons (Fsp3) is 0.167. The summed E-state index contributed by atoms with van der Waals surface area (Å²) in [6, 6.07) is 9.89. The topological polar surface area (TPSA) is 77.8 Å². The van der Waals surface area contributed by atoms with Gasteiger partial charge in [0.05, 0.1) is 5.66 Å². The number of nitrogens with two attached hydrogens (primary N) is 2. The van der Waals surface area contributed by atoms with E-state index in [9.17, 15) is 0 Å². The summed E-state index contributed by atoms with van der Waals surface area (Å²) >= 11 is 0. The van der Waals surface area contributed by atoms with E-state index < -0.39 is 5.66 Å². The highest BCUT2D eigenvalue weighted by Crippen LogP contribution is 2.16. The molecule has 0 saturated heterocycles. The Morgan fingerprint density at radius 2 is 1.62 bits per heavy atom. The second kappa shape index (κ2) is 4.38. The molecule has 0 aliphatic carbocycles. The van der Waals surface area contributed by atoms with Gasteiger partial charge in [0.25, 0.3) is 0 Å². The Balaban J connectivity index is 2.21. The van der Waals surface area contributed by atoms with Crippen LogP contribution in [0.2, 0.25) is 0 Å². The number of hydrogen-bond donors (Lipinski definition) is 2. The Morgan fingerprint density at radius 1 is 1.00 bits per heavy atom. The zero-order valence-corrected chi connectivity index (χ0v) is 8.88. The van der Waals surface area contributed by atoms with Gasteiger partial charge < -0.3 is 11.5 Å². The molecule has 0 spiro atoms. The minimum absolute atomic E-state index is 0.557. The van der Waals surface area contributed by atoms with E-state index in [1.807, 2.05) is 30.3 Å². The Hall–Kier alpha value is -1.78. The van der Waals surface area contributed by atoms with E-state index in [-0.39, 0.29) is 0 Å². The molecular weight excluding hydrogens is 200 g/mol. The van der Waals surface area contributed by atoms with Crippen LogP contribution in [0.4, 0.5) is 0 Å². The molecule has 0 saturated carbocycles. The van der Waals surface area contributed by atoms with Gasteiger partial charge in [-0.05, 0) is 5.56 Å². The fourth-order valence-corrected chi connectivity index (χ4v) is 1.58. The lowest BCUT2D eigenvalue weighted by Gasteiger charge is -2.24. The molecule has 82 valence electrons. The largest absolute Gasteiger partial charge is 0.309 e. The average molecular weight is 214 g/mol. The van der Waals surface area contributed by atoms with Gasteiger partial charge in [-0.25, -0.2) is 9.97 Å². The molecule has 0 amide bonds. The molecule has 1 aromatic carbocycles. The third-order valence-corrected chi connectivity index (χ3v) is 2.44. The van der Waals surface area contributed by atoms with E-state index in [1.165, 1.54) is 6.33 Å². The first kappa shape index (κ1) is 10.7. The molecule has 1 heterocycles. The molecule has 0 unspecified atom stereocenters. The predicted molar refractivity (Wildman–Crippen MR) is 62.2 cm³/mol. The van der Waals surface area contributed by atoms with Crippen LogP contribution >= 0.6 is 0 Å². The van der Waals surface area contributed by atoms with Crippen LogP contribution in [0.15, 0.2) is 49.1 Å². The van der Waals surface area contributed by atoms with Crippen molar-refractivity contribution in [3.05, 3.63) is 60.2 Å². The van der Waals surface area contributed by atoms with E-state index in [0.717, 1.165) is 11.1 Å². The van der Waals surface area contributed by atoms with E-state index in [2.05, 4.69) is 9.97 Å². The van der Waals surface area contributed by atoms with Crippen molar-refractivity contribution >= 4 is 0 Å². The van der Waals surface area contributed by atoms with Crippen molar-refractivity contribution in [3.8, 4) is 0 Å². The van der Waals surface area contributed by atoms with Gasteiger partial charge in [0.2, 0.25) is 0 Å². The van der Waals surface area contributed by atoms with Crippen molar-refractivity contribution in [2.75, 3.05) is 0 Å². The van der Waals surface area contributed by atoms with Crippen LogP contribution < -0.4 is 11.5 Å². The van der Waals surface area contributed by atoms with E-state index in [1.54, 1.807) is 12.4 Å². The molecule has 4 heteroatoms. The zero-order chi connectivity index (χ0) is 11.4. The number of rotatable bonds is 3. The predicted octanol–water partition coefficient (Wildman–Crippen LogP) is 0.789. The highest BCUT2D eigenvalue weighted by atomic mass is 15.0. The minimum Gasteiger partial charge on any atom is -0.309 e. The van der Waals surface area contributed by atoms with Crippen molar-refractivity contribution in [2.24, 2.45) is 11.5 Å². The first-order valence-corrected chi connectivity index (χ1v) is 5.06. The molecule has 16 heavy (non-hydrogen) atoms. The van der Waals surface area contributed by atoms with Gasteiger partial charge in [-0.3, -0.25) is 0 Å². The van der Waals surface area contributed by atoms with E-state index in [0.29, 0.717) is 6.42 Å². The van der Waals surface area contributed by atoms with Gasteiger partial charge in [-0.1, -0.05) is 30.3 Å². The van der Waals surface area contributed by atoms with Crippen molar-refractivity contribution in [3.63, 3.8) is 0 Å². The highest BCUT2D eigenvalue weighted by molar-refractivity contribution is 5.23. The van der Waals surface area contributed by atoms with Gasteiger partial charge in [0.1, 0.15) is 6.33 Å². The molecule has 2 rings (SSSR count). The van der Waals surface area contributed by atoms with Crippen LogP contribution in [-0.4, -0.2) is 9.97 Å². The second-order valence-corrected chi connectivity index (χ2v) is 3.83. The molecular formula is C12H14N4. The Bertz CT molecular complexity index is 439. The zero-order valence-electron chi connectivity index (χ0n) is 8.88. The summed E-state index contributed by atoms with van der Waals surface area (Å²) in [4.78, 5) is 7.84. The molecule has 0 bridgehead atoms. The van der Waals surface area contributed by atoms with E-state index in [4.69, 9.17) is 11.5 Å². The maximum absolute atomic E-state index is 6.07. The van der Waals surface area contributed by atoms with E-state index >= 15 is 0 Å². The molecule has 0 radical (unpaired) electrons. The molecule has 0 fully saturated rings. The maximum Gasteiger partial charge on any atom is 0.115 e. The highest BCUT2D eigenvalue weighted by Gasteiger charge is 2.22. The average Bonchev–Trinajstić information content (AvgIpc) is 2.31. The summed E-state index contributed by atoms with van der Waals surface area (Å²) in [7, 11) is 0. The van der Waals surface area contributed by atoms with Gasteiger partial charge in [-0.2, -0.15) is 0 Å².